The molecule has 0 amide bonds. The topological polar surface area (TPSA) is 57.2 Å². The third-order valence-corrected chi connectivity index (χ3v) is 6.14. The fourth-order valence-electron chi connectivity index (χ4n) is 4.01. The number of alkyl halides is 3. The number of anilines is 1. The molecule has 33 heavy (non-hydrogen) atoms. The Morgan fingerprint density at radius 3 is 2.67 bits per heavy atom. The van der Waals surface area contributed by atoms with Gasteiger partial charge in [0.2, 0.25) is 0 Å². The number of benzene rings is 1. The van der Waals surface area contributed by atoms with Crippen molar-refractivity contribution < 1.29 is 17.9 Å². The molecule has 4 rings (SSSR count). The lowest BCUT2D eigenvalue weighted by Gasteiger charge is -2.33. The second kappa shape index (κ2) is 8.90. The van der Waals surface area contributed by atoms with Gasteiger partial charge in [-0.3, -0.25) is 13.8 Å². The second-order valence-corrected chi connectivity index (χ2v) is 8.54. The summed E-state index contributed by atoms with van der Waals surface area (Å²) in [6, 6.07) is 2.58. The third kappa shape index (κ3) is 4.67. The first kappa shape index (κ1) is 23.4. The van der Waals surface area contributed by atoms with E-state index in [2.05, 4.69) is 5.10 Å². The average Bonchev–Trinajstić information content (AvgIpc) is 3.33. The molecule has 2 aromatic heterocycles. The Balaban J connectivity index is 1.81. The molecule has 0 unspecified atom stereocenters. The highest BCUT2D eigenvalue weighted by Gasteiger charge is 2.36. The van der Waals surface area contributed by atoms with Crippen molar-refractivity contribution in [3.05, 3.63) is 63.1 Å². The van der Waals surface area contributed by atoms with Crippen LogP contribution in [0.1, 0.15) is 30.7 Å². The normalized spacial score (nSPS) is 17.1. The molecule has 11 heteroatoms. The van der Waals surface area contributed by atoms with Crippen molar-refractivity contribution in [2.75, 3.05) is 24.6 Å². The van der Waals surface area contributed by atoms with Crippen LogP contribution < -0.4 is 10.6 Å². The summed E-state index contributed by atoms with van der Waals surface area (Å²) in [5.74, 6) is 0. The van der Waals surface area contributed by atoms with Crippen LogP contribution >= 0.6 is 11.6 Å². The number of hydrogen-bond donors (Lipinski definition) is 0. The van der Waals surface area contributed by atoms with Crippen molar-refractivity contribution in [3.8, 4) is 5.69 Å². The first-order valence-corrected chi connectivity index (χ1v) is 11.0. The van der Waals surface area contributed by atoms with Crippen molar-refractivity contribution >= 4 is 17.3 Å². The fourth-order valence-corrected chi connectivity index (χ4v) is 4.32. The minimum Gasteiger partial charge on any atom is -0.375 e. The number of ether oxygens (including phenoxy) is 1. The number of aromatic nitrogens is 4. The first-order valence-electron chi connectivity index (χ1n) is 10.7. The Morgan fingerprint density at radius 2 is 2.03 bits per heavy atom. The summed E-state index contributed by atoms with van der Waals surface area (Å²) in [6.07, 6.45) is 0.220. The van der Waals surface area contributed by atoms with Gasteiger partial charge in [0.05, 0.1) is 41.7 Å². The fraction of sp³-hybridized carbons (Fsp3) is 0.455. The molecule has 0 radical (unpaired) electrons. The molecule has 1 aromatic carbocycles. The van der Waals surface area contributed by atoms with E-state index in [0.717, 1.165) is 11.6 Å². The zero-order chi connectivity index (χ0) is 23.9. The molecule has 0 bridgehead atoms. The van der Waals surface area contributed by atoms with Crippen LogP contribution in [-0.2, 0) is 24.0 Å². The van der Waals surface area contributed by atoms with E-state index in [1.54, 1.807) is 17.8 Å². The van der Waals surface area contributed by atoms with Crippen LogP contribution in [0.3, 0.4) is 0 Å². The molecule has 0 saturated carbocycles. The van der Waals surface area contributed by atoms with E-state index in [1.807, 2.05) is 24.9 Å². The van der Waals surface area contributed by atoms with Gasteiger partial charge >= 0.3 is 11.9 Å². The summed E-state index contributed by atoms with van der Waals surface area (Å²) in [5, 5.41) is 3.70. The predicted molar refractivity (Wildman–Crippen MR) is 119 cm³/mol. The van der Waals surface area contributed by atoms with E-state index in [-0.39, 0.29) is 18.3 Å². The number of rotatable bonds is 5. The molecule has 0 aliphatic carbocycles. The van der Waals surface area contributed by atoms with Crippen LogP contribution in [0.2, 0.25) is 5.02 Å². The molecule has 0 spiro atoms. The SMILES string of the molecule is CCn1cc(Cn2c(C)cn(-c3cc(N4CCO[C@H](C)C4)cc(C(F)(F)F)c3Cl)c2=O)cn1. The molecule has 0 N–H and O–H groups in total. The zero-order valence-corrected chi connectivity index (χ0v) is 19.3. The molecule has 1 aliphatic heterocycles. The third-order valence-electron chi connectivity index (χ3n) is 5.74. The van der Waals surface area contributed by atoms with E-state index >= 15 is 0 Å². The van der Waals surface area contributed by atoms with Gasteiger partial charge in [-0.25, -0.2) is 4.79 Å². The van der Waals surface area contributed by atoms with Crippen LogP contribution in [0.15, 0.2) is 35.5 Å². The maximum absolute atomic E-state index is 13.8. The van der Waals surface area contributed by atoms with E-state index in [1.165, 1.54) is 21.4 Å². The number of hydrogen-bond acceptors (Lipinski definition) is 4. The Morgan fingerprint density at radius 1 is 1.27 bits per heavy atom. The predicted octanol–water partition coefficient (Wildman–Crippen LogP) is 4.11. The van der Waals surface area contributed by atoms with Gasteiger partial charge in [0, 0.05) is 49.0 Å². The summed E-state index contributed by atoms with van der Waals surface area (Å²) >= 11 is 6.24. The minimum absolute atomic E-state index is 0.00302. The molecule has 1 fully saturated rings. The lowest BCUT2D eigenvalue weighted by molar-refractivity contribution is -0.137. The summed E-state index contributed by atoms with van der Waals surface area (Å²) in [7, 11) is 0. The Hall–Kier alpha value is -2.72. The lowest BCUT2D eigenvalue weighted by Crippen LogP contribution is -2.41. The monoisotopic (exact) mass is 483 g/mol. The van der Waals surface area contributed by atoms with Gasteiger partial charge in [0.15, 0.2) is 0 Å². The summed E-state index contributed by atoms with van der Waals surface area (Å²) in [6.45, 7) is 7.78. The number of aryl methyl sites for hydroxylation is 2. The molecule has 178 valence electrons. The van der Waals surface area contributed by atoms with Crippen molar-refractivity contribution in [2.24, 2.45) is 0 Å². The molecule has 3 heterocycles. The van der Waals surface area contributed by atoms with Crippen LogP contribution in [-0.4, -0.2) is 44.7 Å². The summed E-state index contributed by atoms with van der Waals surface area (Å²) < 4.78 is 51.5. The van der Waals surface area contributed by atoms with Gasteiger partial charge in [-0.05, 0) is 32.9 Å². The number of imidazole rings is 1. The van der Waals surface area contributed by atoms with Gasteiger partial charge in [0.1, 0.15) is 0 Å². The molecular formula is C22H25ClF3N5O2. The first-order chi connectivity index (χ1) is 15.6. The lowest BCUT2D eigenvalue weighted by atomic mass is 10.1. The zero-order valence-electron chi connectivity index (χ0n) is 18.6. The van der Waals surface area contributed by atoms with Crippen LogP contribution in [0.5, 0.6) is 0 Å². The van der Waals surface area contributed by atoms with Gasteiger partial charge in [-0.1, -0.05) is 11.6 Å². The van der Waals surface area contributed by atoms with E-state index < -0.39 is 22.5 Å². The van der Waals surface area contributed by atoms with Crippen molar-refractivity contribution in [1.29, 1.82) is 0 Å². The van der Waals surface area contributed by atoms with Crippen molar-refractivity contribution in [3.63, 3.8) is 0 Å². The van der Waals surface area contributed by atoms with Crippen LogP contribution in [0, 0.1) is 6.92 Å². The van der Waals surface area contributed by atoms with Crippen LogP contribution in [0.25, 0.3) is 5.69 Å². The van der Waals surface area contributed by atoms with Crippen LogP contribution in [0.4, 0.5) is 18.9 Å². The Kier molecular flexibility index (Phi) is 6.32. The van der Waals surface area contributed by atoms with E-state index in [4.69, 9.17) is 16.3 Å². The molecule has 7 nitrogen and oxygen atoms in total. The molecule has 3 aromatic rings. The largest absolute Gasteiger partial charge is 0.417 e. The van der Waals surface area contributed by atoms with Gasteiger partial charge in [-0.2, -0.15) is 18.3 Å². The van der Waals surface area contributed by atoms with Gasteiger partial charge in [-0.15, -0.1) is 0 Å². The van der Waals surface area contributed by atoms with Crippen molar-refractivity contribution in [1.82, 2.24) is 18.9 Å². The average molecular weight is 484 g/mol. The highest BCUT2D eigenvalue weighted by Crippen LogP contribution is 2.40. The summed E-state index contributed by atoms with van der Waals surface area (Å²) in [5.41, 5.74) is 0.309. The van der Waals surface area contributed by atoms with E-state index in [9.17, 15) is 18.0 Å². The number of nitrogens with zero attached hydrogens (tertiary/aromatic N) is 5. The standard InChI is InChI=1S/C22H25ClF3N5O2/c1-4-29-12-16(9-27-29)13-30-14(2)10-31(21(30)32)19-8-17(28-5-6-33-15(3)11-28)7-18(20(19)23)22(24,25)26/h7-10,12,15H,4-6,11,13H2,1-3H3/t15-/m1/s1. The van der Waals surface area contributed by atoms with Crippen molar-refractivity contribution in [2.45, 2.75) is 46.1 Å². The quantitative estimate of drug-likeness (QED) is 0.548. The smallest absolute Gasteiger partial charge is 0.375 e. The Bertz CT molecular complexity index is 1210. The van der Waals surface area contributed by atoms with E-state index in [0.29, 0.717) is 37.6 Å². The maximum Gasteiger partial charge on any atom is 0.417 e. The molecule has 1 saturated heterocycles. The maximum atomic E-state index is 13.8. The number of morpholine rings is 1. The molecular weight excluding hydrogens is 459 g/mol. The highest BCUT2D eigenvalue weighted by molar-refractivity contribution is 6.33. The Labute approximate surface area is 193 Å². The minimum atomic E-state index is -4.67. The highest BCUT2D eigenvalue weighted by atomic mass is 35.5. The second-order valence-electron chi connectivity index (χ2n) is 8.17. The number of halogens is 4. The van der Waals surface area contributed by atoms with Gasteiger partial charge in [0.25, 0.3) is 0 Å². The molecule has 1 atom stereocenters. The van der Waals surface area contributed by atoms with Gasteiger partial charge < -0.3 is 9.64 Å². The molecule has 1 aliphatic rings. The summed E-state index contributed by atoms with van der Waals surface area (Å²) in [4.78, 5) is 15.1.